The molecule has 0 spiro atoms. The Hall–Kier alpha value is -0.370. The molecule has 0 rings (SSSR count). The van der Waals surface area contributed by atoms with Gasteiger partial charge in [0, 0.05) is 12.5 Å². The molecule has 0 fully saturated rings. The molecule has 1 atom stereocenters. The van der Waals surface area contributed by atoms with E-state index in [4.69, 9.17) is 5.73 Å². The lowest BCUT2D eigenvalue weighted by Crippen LogP contribution is -2.10. The number of aldehydes is 1. The Morgan fingerprint density at radius 2 is 2.50 bits per heavy atom. The van der Waals surface area contributed by atoms with Gasteiger partial charge in [0.15, 0.2) is 0 Å². The average Bonchev–Trinajstić information content (AvgIpc) is 1.65. The zero-order chi connectivity index (χ0) is 4.99. The zero-order valence-corrected chi connectivity index (χ0v) is 3.85. The maximum absolute atomic E-state index is 9.66. The van der Waals surface area contributed by atoms with E-state index < -0.39 is 0 Å². The van der Waals surface area contributed by atoms with Crippen molar-refractivity contribution < 1.29 is 4.79 Å². The predicted octanol–water partition coefficient (Wildman–Crippen LogP) is -0.220. The Bertz CT molecular complexity index is 44.8. The second-order valence-corrected chi connectivity index (χ2v) is 1.35. The SMILES string of the molecule is C[C@H](C=O)CN. The molecular formula is C4H9NO. The summed E-state index contributed by atoms with van der Waals surface area (Å²) < 4.78 is 0. The van der Waals surface area contributed by atoms with E-state index in [0.29, 0.717) is 6.54 Å². The molecule has 0 aromatic rings. The molecule has 6 heavy (non-hydrogen) atoms. The highest BCUT2D eigenvalue weighted by Gasteiger charge is 1.89. The Labute approximate surface area is 37.3 Å². The first-order valence-electron chi connectivity index (χ1n) is 1.96. The normalized spacial score (nSPS) is 13.7. The summed E-state index contributed by atoms with van der Waals surface area (Å²) in [5.41, 5.74) is 5.05. The maximum Gasteiger partial charge on any atom is 0.124 e. The number of carbonyl (C=O) groups excluding carboxylic acids is 1. The summed E-state index contributed by atoms with van der Waals surface area (Å²) in [4.78, 5) is 9.66. The van der Waals surface area contributed by atoms with Crippen molar-refractivity contribution in [1.29, 1.82) is 0 Å². The number of hydrogen-bond donors (Lipinski definition) is 1. The van der Waals surface area contributed by atoms with Crippen LogP contribution in [0.1, 0.15) is 6.92 Å². The minimum Gasteiger partial charge on any atom is -0.330 e. The highest BCUT2D eigenvalue weighted by molar-refractivity contribution is 5.52. The molecule has 2 N–H and O–H groups in total. The van der Waals surface area contributed by atoms with Crippen LogP contribution in [0.3, 0.4) is 0 Å². The van der Waals surface area contributed by atoms with Gasteiger partial charge in [0.1, 0.15) is 6.29 Å². The molecule has 0 unspecified atom stereocenters. The Morgan fingerprint density at radius 1 is 2.00 bits per heavy atom. The molecule has 0 aromatic carbocycles. The average molecular weight is 87.1 g/mol. The first-order chi connectivity index (χ1) is 2.81. The summed E-state index contributed by atoms with van der Waals surface area (Å²) in [5.74, 6) is 0.0324. The van der Waals surface area contributed by atoms with Crippen molar-refractivity contribution in [1.82, 2.24) is 0 Å². The lowest BCUT2D eigenvalue weighted by atomic mass is 10.2. The first kappa shape index (κ1) is 5.63. The van der Waals surface area contributed by atoms with Crippen LogP contribution in [0.15, 0.2) is 0 Å². The molecule has 2 heteroatoms. The van der Waals surface area contributed by atoms with Gasteiger partial charge < -0.3 is 10.5 Å². The van der Waals surface area contributed by atoms with Crippen molar-refractivity contribution in [3.05, 3.63) is 0 Å². The van der Waals surface area contributed by atoms with E-state index in [0.717, 1.165) is 6.29 Å². The number of nitrogens with two attached hydrogens (primary N) is 1. The van der Waals surface area contributed by atoms with E-state index in [9.17, 15) is 4.79 Å². The van der Waals surface area contributed by atoms with Crippen LogP contribution in [0.25, 0.3) is 0 Å². The summed E-state index contributed by atoms with van der Waals surface area (Å²) in [6, 6.07) is 0. The molecule has 0 saturated heterocycles. The lowest BCUT2D eigenvalue weighted by Gasteiger charge is -1.90. The molecule has 0 bridgehead atoms. The standard InChI is InChI=1S/C4H9NO/c1-4(2-5)3-6/h3-4H,2,5H2,1H3/t4-/m0/s1. The van der Waals surface area contributed by atoms with Gasteiger partial charge in [-0.05, 0) is 0 Å². The topological polar surface area (TPSA) is 43.1 Å². The summed E-state index contributed by atoms with van der Waals surface area (Å²) in [7, 11) is 0. The van der Waals surface area contributed by atoms with Gasteiger partial charge in [-0.1, -0.05) is 6.92 Å². The van der Waals surface area contributed by atoms with Gasteiger partial charge in [-0.15, -0.1) is 0 Å². The van der Waals surface area contributed by atoms with E-state index in [1.165, 1.54) is 0 Å². The van der Waals surface area contributed by atoms with Crippen LogP contribution >= 0.6 is 0 Å². The van der Waals surface area contributed by atoms with Gasteiger partial charge >= 0.3 is 0 Å². The Morgan fingerprint density at radius 3 is 2.50 bits per heavy atom. The number of rotatable bonds is 2. The van der Waals surface area contributed by atoms with E-state index >= 15 is 0 Å². The molecule has 0 aliphatic rings. The van der Waals surface area contributed by atoms with Gasteiger partial charge in [0.25, 0.3) is 0 Å². The smallest absolute Gasteiger partial charge is 0.124 e. The highest BCUT2D eigenvalue weighted by atomic mass is 16.1. The van der Waals surface area contributed by atoms with E-state index in [1.807, 2.05) is 0 Å². The van der Waals surface area contributed by atoms with Gasteiger partial charge in [-0.3, -0.25) is 0 Å². The summed E-state index contributed by atoms with van der Waals surface area (Å²) in [6.07, 6.45) is 0.847. The monoisotopic (exact) mass is 87.1 g/mol. The molecule has 36 valence electrons. The second-order valence-electron chi connectivity index (χ2n) is 1.35. The maximum atomic E-state index is 9.66. The van der Waals surface area contributed by atoms with E-state index in [1.54, 1.807) is 6.92 Å². The van der Waals surface area contributed by atoms with Crippen molar-refractivity contribution in [2.45, 2.75) is 6.92 Å². The Kier molecular flexibility index (Phi) is 2.67. The van der Waals surface area contributed by atoms with Crippen LogP contribution in [0, 0.1) is 5.92 Å². The molecule has 0 saturated carbocycles. The fraction of sp³-hybridized carbons (Fsp3) is 0.750. The summed E-state index contributed by atoms with van der Waals surface area (Å²) >= 11 is 0. The van der Waals surface area contributed by atoms with Crippen molar-refractivity contribution in [3.8, 4) is 0 Å². The van der Waals surface area contributed by atoms with Crippen LogP contribution in [0.5, 0.6) is 0 Å². The summed E-state index contributed by atoms with van der Waals surface area (Å²) in [5, 5.41) is 0. The van der Waals surface area contributed by atoms with Crippen molar-refractivity contribution in [3.63, 3.8) is 0 Å². The Balaban J connectivity index is 2.96. The molecular weight excluding hydrogens is 78.1 g/mol. The number of hydrogen-bond acceptors (Lipinski definition) is 2. The van der Waals surface area contributed by atoms with Crippen molar-refractivity contribution >= 4 is 6.29 Å². The van der Waals surface area contributed by atoms with Crippen LogP contribution in [0.2, 0.25) is 0 Å². The fourth-order valence-electron chi connectivity index (χ4n) is 0.0556. The first-order valence-corrected chi connectivity index (χ1v) is 1.96. The third-order valence-electron chi connectivity index (χ3n) is 0.604. The van der Waals surface area contributed by atoms with Gasteiger partial charge in [0.2, 0.25) is 0 Å². The molecule has 0 heterocycles. The van der Waals surface area contributed by atoms with Crippen LogP contribution in [0.4, 0.5) is 0 Å². The molecule has 0 amide bonds. The van der Waals surface area contributed by atoms with Crippen molar-refractivity contribution in [2.24, 2.45) is 11.7 Å². The second kappa shape index (κ2) is 2.85. The minimum atomic E-state index is 0.0324. The van der Waals surface area contributed by atoms with Gasteiger partial charge in [-0.25, -0.2) is 0 Å². The lowest BCUT2D eigenvalue weighted by molar-refractivity contribution is -0.110. The summed E-state index contributed by atoms with van der Waals surface area (Å²) in [6.45, 7) is 2.25. The molecule has 0 radical (unpaired) electrons. The highest BCUT2D eigenvalue weighted by Crippen LogP contribution is 1.78. The van der Waals surface area contributed by atoms with Gasteiger partial charge in [0.05, 0.1) is 0 Å². The molecule has 2 nitrogen and oxygen atoms in total. The van der Waals surface area contributed by atoms with E-state index in [-0.39, 0.29) is 5.92 Å². The molecule has 0 aliphatic carbocycles. The quantitative estimate of drug-likeness (QED) is 0.473. The largest absolute Gasteiger partial charge is 0.330 e. The van der Waals surface area contributed by atoms with E-state index in [2.05, 4.69) is 0 Å². The fourth-order valence-corrected chi connectivity index (χ4v) is 0.0556. The third kappa shape index (κ3) is 1.91. The van der Waals surface area contributed by atoms with Crippen LogP contribution in [-0.2, 0) is 4.79 Å². The number of carbonyl (C=O) groups is 1. The zero-order valence-electron chi connectivity index (χ0n) is 3.85. The third-order valence-corrected chi connectivity index (χ3v) is 0.604. The predicted molar refractivity (Wildman–Crippen MR) is 24.3 cm³/mol. The van der Waals surface area contributed by atoms with Crippen LogP contribution < -0.4 is 5.73 Å². The molecule has 0 aromatic heterocycles. The molecule has 0 aliphatic heterocycles. The minimum absolute atomic E-state index is 0.0324. The van der Waals surface area contributed by atoms with Crippen molar-refractivity contribution in [2.75, 3.05) is 6.54 Å². The van der Waals surface area contributed by atoms with Gasteiger partial charge in [-0.2, -0.15) is 0 Å². The van der Waals surface area contributed by atoms with Crippen LogP contribution in [-0.4, -0.2) is 12.8 Å².